The molecule has 13 nitrogen and oxygen atoms in total. The Labute approximate surface area is 305 Å². The van der Waals surface area contributed by atoms with Gasteiger partial charge in [0.2, 0.25) is 0 Å². The van der Waals surface area contributed by atoms with Crippen molar-refractivity contribution >= 4 is 35.0 Å². The number of halogens is 3. The van der Waals surface area contributed by atoms with E-state index in [1.54, 1.807) is 40.8 Å². The van der Waals surface area contributed by atoms with Crippen LogP contribution in [0.4, 0.5) is 14.5 Å². The number of nitrogens with two attached hydrogens (primary N) is 1. The van der Waals surface area contributed by atoms with Crippen LogP contribution in [0.2, 0.25) is 5.02 Å². The van der Waals surface area contributed by atoms with E-state index in [0.717, 1.165) is 19.5 Å². The molecule has 4 aromatic rings. The number of amides is 3. The molecule has 2 aromatic carbocycles. The minimum atomic E-state index is -1.08. The van der Waals surface area contributed by atoms with E-state index in [0.29, 0.717) is 67.3 Å². The molecule has 0 aliphatic carbocycles. The number of carbonyl (C=O) groups excluding carboxylic acids is 3. The van der Waals surface area contributed by atoms with Gasteiger partial charge in [0.1, 0.15) is 0 Å². The highest BCUT2D eigenvalue weighted by Gasteiger charge is 2.37. The number of benzene rings is 2. The van der Waals surface area contributed by atoms with Gasteiger partial charge in [-0.25, -0.2) is 13.8 Å². The number of likely N-dealkylation sites (tertiary alicyclic amines) is 1. The fourth-order valence-electron chi connectivity index (χ4n) is 6.99. The molecule has 2 fully saturated rings. The maximum absolute atomic E-state index is 15.5. The molecule has 3 amide bonds. The number of quaternary nitrogens is 1. The third kappa shape index (κ3) is 7.58. The lowest BCUT2D eigenvalue weighted by atomic mass is 10.0. The lowest BCUT2D eigenvalue weighted by molar-refractivity contribution is -0.890. The number of hydrogen-bond acceptors (Lipinski definition) is 7. The first-order valence-electron chi connectivity index (χ1n) is 17.1. The number of nitrogens with one attached hydrogen (secondary N) is 1. The smallest absolute Gasteiger partial charge is 0.291 e. The van der Waals surface area contributed by atoms with Crippen LogP contribution >= 0.6 is 11.6 Å². The summed E-state index contributed by atoms with van der Waals surface area (Å²) in [5.41, 5.74) is 7.83. The van der Waals surface area contributed by atoms with Gasteiger partial charge in [-0.3, -0.25) is 19.1 Å². The van der Waals surface area contributed by atoms with E-state index in [1.807, 2.05) is 0 Å². The van der Waals surface area contributed by atoms with E-state index < -0.39 is 17.5 Å². The van der Waals surface area contributed by atoms with Gasteiger partial charge < -0.3 is 34.6 Å². The maximum atomic E-state index is 15.5. The van der Waals surface area contributed by atoms with Crippen molar-refractivity contribution in [1.29, 1.82) is 0 Å². The molecule has 2 saturated heterocycles. The third-order valence-corrected chi connectivity index (χ3v) is 10.2. The highest BCUT2D eigenvalue weighted by Crippen LogP contribution is 2.33. The Morgan fingerprint density at radius 2 is 1.75 bits per heavy atom. The molecule has 3 N–H and O–H groups in total. The minimum absolute atomic E-state index is 0.0542. The summed E-state index contributed by atoms with van der Waals surface area (Å²) in [6.07, 6.45) is 3.85. The number of aromatic nitrogens is 4. The number of rotatable bonds is 10. The predicted molar refractivity (Wildman–Crippen MR) is 192 cm³/mol. The zero-order valence-corrected chi connectivity index (χ0v) is 30.4. The van der Waals surface area contributed by atoms with Gasteiger partial charge in [-0.05, 0) is 31.2 Å². The lowest BCUT2D eigenvalue weighted by Gasteiger charge is -2.37. The van der Waals surface area contributed by atoms with Crippen molar-refractivity contribution in [2.45, 2.75) is 25.9 Å². The number of methoxy groups -OCH3 is 1. The Balaban J connectivity index is 1.09. The van der Waals surface area contributed by atoms with E-state index in [1.165, 1.54) is 42.1 Å². The Morgan fingerprint density at radius 1 is 1.06 bits per heavy atom. The number of carbonyl (C=O) groups is 3. The number of imidazole rings is 1. The molecular weight excluding hydrogens is 696 g/mol. The van der Waals surface area contributed by atoms with E-state index in [2.05, 4.69) is 22.4 Å². The van der Waals surface area contributed by atoms with Gasteiger partial charge >= 0.3 is 0 Å². The number of nitrogens with zero attached hydrogens (tertiary/aromatic N) is 7. The number of likely N-dealkylation sites (N-methyl/N-ethyl adjacent to an activating group) is 1. The molecule has 2 aliphatic heterocycles. The van der Waals surface area contributed by atoms with Crippen LogP contribution in [0.25, 0.3) is 22.4 Å². The Morgan fingerprint density at radius 3 is 2.42 bits per heavy atom. The SMILES string of the molecule is COCCn1cc(-c2ccc(-c3cnc(C(=O)Nc4ccc(C(=O)N5CCN(C(=O)C[N+]6(C)CCC(N)C6)CC5)c(Cl)c4)n3C)c(F)c2F)c(C)n1. The second-order valence-electron chi connectivity index (χ2n) is 13.8. The van der Waals surface area contributed by atoms with Crippen LogP contribution in [0.1, 0.15) is 33.1 Å². The predicted octanol–water partition coefficient (Wildman–Crippen LogP) is 3.55. The van der Waals surface area contributed by atoms with Crippen molar-refractivity contribution in [3.05, 3.63) is 76.5 Å². The van der Waals surface area contributed by atoms with Crippen LogP contribution in [0.5, 0.6) is 0 Å². The van der Waals surface area contributed by atoms with Gasteiger partial charge in [-0.1, -0.05) is 17.7 Å². The number of hydrogen-bond donors (Lipinski definition) is 2. The van der Waals surface area contributed by atoms with Crippen LogP contribution in [-0.2, 0) is 23.1 Å². The largest absolute Gasteiger partial charge is 0.383 e. The molecule has 2 aliphatic rings. The average molecular weight is 739 g/mol. The van der Waals surface area contributed by atoms with Crippen molar-refractivity contribution in [3.63, 3.8) is 0 Å². The standard InChI is InChI=1S/C36H42ClF2N9O4/c1-22-28(19-47(43-22)14-16-52-4)25-7-8-27(33(39)32(25)38)30-18-41-34(44(30)2)35(50)42-24-5-6-26(29(37)17-24)36(51)46-12-10-45(11-13-46)31(49)21-48(3)15-9-23(40)20-48/h5-8,17-19,23H,9-16,20-21,40H2,1-4H3/p+1. The van der Waals surface area contributed by atoms with Gasteiger partial charge in [-0.2, -0.15) is 5.10 Å². The summed E-state index contributed by atoms with van der Waals surface area (Å²) in [5.74, 6) is -3.01. The summed E-state index contributed by atoms with van der Waals surface area (Å²) in [5, 5.41) is 7.21. The molecule has 276 valence electrons. The molecule has 4 heterocycles. The fourth-order valence-corrected chi connectivity index (χ4v) is 7.25. The van der Waals surface area contributed by atoms with Crippen molar-refractivity contribution in [1.82, 2.24) is 29.1 Å². The summed E-state index contributed by atoms with van der Waals surface area (Å²) in [7, 11) is 5.15. The highest BCUT2D eigenvalue weighted by molar-refractivity contribution is 6.34. The number of ether oxygens (including phenoxy) is 1. The van der Waals surface area contributed by atoms with Crippen molar-refractivity contribution < 1.29 is 32.4 Å². The number of anilines is 1. The monoisotopic (exact) mass is 738 g/mol. The van der Waals surface area contributed by atoms with Gasteiger partial charge in [0.15, 0.2) is 24.0 Å². The van der Waals surface area contributed by atoms with E-state index in [-0.39, 0.29) is 51.1 Å². The molecule has 2 aromatic heterocycles. The first kappa shape index (κ1) is 37.1. The second-order valence-corrected chi connectivity index (χ2v) is 14.2. The molecule has 0 saturated carbocycles. The Hall–Kier alpha value is -4.70. The minimum Gasteiger partial charge on any atom is -0.383 e. The van der Waals surface area contributed by atoms with Crippen molar-refractivity contribution in [3.8, 4) is 22.4 Å². The fraction of sp³-hybridized carbons (Fsp3) is 0.417. The lowest BCUT2D eigenvalue weighted by Crippen LogP contribution is -2.55. The molecule has 2 atom stereocenters. The van der Waals surface area contributed by atoms with Crippen molar-refractivity contribution in [2.75, 3.05) is 71.9 Å². The van der Waals surface area contributed by atoms with Crippen molar-refractivity contribution in [2.24, 2.45) is 12.8 Å². The molecule has 2 unspecified atom stereocenters. The third-order valence-electron chi connectivity index (χ3n) is 9.92. The summed E-state index contributed by atoms with van der Waals surface area (Å²) in [6, 6.07) is 7.59. The molecule has 16 heteroatoms. The first-order chi connectivity index (χ1) is 24.8. The zero-order valence-electron chi connectivity index (χ0n) is 29.7. The van der Waals surface area contributed by atoms with Gasteiger partial charge in [0.25, 0.3) is 17.7 Å². The van der Waals surface area contributed by atoms with Gasteiger partial charge in [0.05, 0.1) is 67.5 Å². The molecule has 0 spiro atoms. The first-order valence-corrected chi connectivity index (χ1v) is 17.5. The molecule has 0 radical (unpaired) electrons. The van der Waals surface area contributed by atoms with Crippen LogP contribution in [0.3, 0.4) is 0 Å². The van der Waals surface area contributed by atoms with E-state index in [9.17, 15) is 14.4 Å². The normalized spacial score (nSPS) is 19.0. The number of piperazine rings is 1. The topological polar surface area (TPSA) is 141 Å². The van der Waals surface area contributed by atoms with E-state index in [4.69, 9.17) is 22.1 Å². The Bertz CT molecular complexity index is 2010. The summed E-state index contributed by atoms with van der Waals surface area (Å²) in [4.78, 5) is 47.2. The van der Waals surface area contributed by atoms with Crippen LogP contribution in [0.15, 0.2) is 42.7 Å². The van der Waals surface area contributed by atoms with Crippen LogP contribution in [0, 0.1) is 18.6 Å². The van der Waals surface area contributed by atoms with Gasteiger partial charge in [0, 0.05) is 75.3 Å². The van der Waals surface area contributed by atoms with Crippen LogP contribution < -0.4 is 11.1 Å². The molecule has 52 heavy (non-hydrogen) atoms. The quantitative estimate of drug-likeness (QED) is 0.237. The van der Waals surface area contributed by atoms with Gasteiger partial charge in [-0.15, -0.1) is 0 Å². The van der Waals surface area contributed by atoms with Crippen LogP contribution in [-0.4, -0.2) is 124 Å². The molecule has 0 bridgehead atoms. The highest BCUT2D eigenvalue weighted by atomic mass is 35.5. The molecule has 6 rings (SSSR count). The second kappa shape index (κ2) is 15.1. The molecular formula is C36H43ClF2N9O4+. The zero-order chi connectivity index (χ0) is 37.3. The van der Waals surface area contributed by atoms with E-state index >= 15 is 8.78 Å². The Kier molecular flexibility index (Phi) is 10.8. The summed E-state index contributed by atoms with van der Waals surface area (Å²) >= 11 is 6.53. The summed E-state index contributed by atoms with van der Waals surface area (Å²) in [6.45, 7) is 6.25. The number of aryl methyl sites for hydroxylation is 1. The maximum Gasteiger partial charge on any atom is 0.291 e. The summed E-state index contributed by atoms with van der Waals surface area (Å²) < 4.78 is 39.7. The average Bonchev–Trinajstić information content (AvgIpc) is 3.79.